The van der Waals surface area contributed by atoms with Crippen LogP contribution >= 0.6 is 0 Å². The first-order valence-corrected chi connectivity index (χ1v) is 5.04. The summed E-state index contributed by atoms with van der Waals surface area (Å²) < 4.78 is 47.7. The van der Waals surface area contributed by atoms with Crippen LogP contribution in [0.4, 0.5) is 13.2 Å². The fourth-order valence-electron chi connectivity index (χ4n) is 1.61. The molecule has 0 aliphatic rings. The number of fused-ring (bicyclic) bond motifs is 1. The van der Waals surface area contributed by atoms with E-state index in [1.54, 1.807) is 0 Å². The van der Waals surface area contributed by atoms with Gasteiger partial charge in [0.05, 0.1) is 25.3 Å². The first kappa shape index (κ1) is 12.5. The van der Waals surface area contributed by atoms with Crippen molar-refractivity contribution in [1.29, 1.82) is 0 Å². The molecule has 0 saturated heterocycles. The van der Waals surface area contributed by atoms with Crippen molar-refractivity contribution in [3.63, 3.8) is 0 Å². The van der Waals surface area contributed by atoms with E-state index in [0.717, 1.165) is 12.3 Å². The lowest BCUT2D eigenvalue weighted by Crippen LogP contribution is -2.05. The summed E-state index contributed by atoms with van der Waals surface area (Å²) in [4.78, 5) is 3.78. The maximum atomic E-state index is 12.5. The van der Waals surface area contributed by atoms with Crippen molar-refractivity contribution in [3.8, 4) is 11.5 Å². The van der Waals surface area contributed by atoms with Gasteiger partial charge in [0.1, 0.15) is 0 Å². The molecule has 0 N–H and O–H groups in total. The zero-order valence-corrected chi connectivity index (χ0v) is 9.71. The normalized spacial score (nSPS) is 11.6. The van der Waals surface area contributed by atoms with E-state index in [9.17, 15) is 13.2 Å². The smallest absolute Gasteiger partial charge is 0.417 e. The van der Waals surface area contributed by atoms with Crippen LogP contribution in [0, 0.1) is 0 Å². The van der Waals surface area contributed by atoms with Gasteiger partial charge in [-0.25, -0.2) is 0 Å². The lowest BCUT2D eigenvalue weighted by Gasteiger charge is -2.10. The summed E-state index contributed by atoms with van der Waals surface area (Å²) in [5.41, 5.74) is -0.372. The van der Waals surface area contributed by atoms with Gasteiger partial charge in [-0.3, -0.25) is 4.98 Å². The molecule has 6 heteroatoms. The summed E-state index contributed by atoms with van der Waals surface area (Å²) in [6.45, 7) is 0. The Morgan fingerprint density at radius 2 is 1.61 bits per heavy atom. The molecule has 0 saturated carbocycles. The van der Waals surface area contributed by atoms with Crippen molar-refractivity contribution in [3.05, 3.63) is 30.0 Å². The molecule has 0 aliphatic heterocycles. The van der Waals surface area contributed by atoms with Gasteiger partial charge in [0, 0.05) is 17.6 Å². The zero-order valence-electron chi connectivity index (χ0n) is 9.71. The largest absolute Gasteiger partial charge is 0.493 e. The molecule has 0 unspecified atom stereocenters. The third-order valence-corrected chi connectivity index (χ3v) is 2.51. The molecule has 0 amide bonds. The topological polar surface area (TPSA) is 31.4 Å². The predicted molar refractivity (Wildman–Crippen MR) is 59.8 cm³/mol. The third-order valence-electron chi connectivity index (χ3n) is 2.51. The molecular formula is C12H10F3NO2. The second-order valence-corrected chi connectivity index (χ2v) is 3.62. The molecule has 1 aromatic carbocycles. The van der Waals surface area contributed by atoms with Gasteiger partial charge in [-0.1, -0.05) is 0 Å². The molecule has 0 fully saturated rings. The standard InChI is InChI=1S/C12H10F3NO2/c1-17-10-4-7-3-8(12(13,14)15)6-16-9(7)5-11(10)18-2/h3-6H,1-2H3. The molecule has 3 nitrogen and oxygen atoms in total. The maximum absolute atomic E-state index is 12.5. The average molecular weight is 257 g/mol. The first-order chi connectivity index (χ1) is 8.45. The monoisotopic (exact) mass is 257 g/mol. The van der Waals surface area contributed by atoms with Gasteiger partial charge in [0.25, 0.3) is 0 Å². The number of pyridine rings is 1. The van der Waals surface area contributed by atoms with Gasteiger partial charge < -0.3 is 9.47 Å². The van der Waals surface area contributed by atoms with Crippen molar-refractivity contribution < 1.29 is 22.6 Å². The molecule has 1 heterocycles. The van der Waals surface area contributed by atoms with Crippen molar-refractivity contribution in [2.75, 3.05) is 14.2 Å². The van der Waals surface area contributed by atoms with Crippen LogP contribution in [-0.4, -0.2) is 19.2 Å². The van der Waals surface area contributed by atoms with Gasteiger partial charge in [-0.05, 0) is 12.1 Å². The second kappa shape index (κ2) is 4.36. The molecule has 0 aliphatic carbocycles. The zero-order chi connectivity index (χ0) is 13.3. The van der Waals surface area contributed by atoms with E-state index in [1.165, 1.54) is 26.4 Å². The van der Waals surface area contributed by atoms with E-state index in [-0.39, 0.29) is 0 Å². The van der Waals surface area contributed by atoms with Gasteiger partial charge >= 0.3 is 6.18 Å². The van der Waals surface area contributed by atoms with E-state index < -0.39 is 11.7 Å². The molecule has 0 atom stereocenters. The van der Waals surface area contributed by atoms with Gasteiger partial charge in [0.2, 0.25) is 0 Å². The van der Waals surface area contributed by atoms with Gasteiger partial charge in [0.15, 0.2) is 11.5 Å². The van der Waals surface area contributed by atoms with Crippen molar-refractivity contribution >= 4 is 10.9 Å². The Bertz CT molecular complexity index is 581. The number of benzene rings is 1. The number of rotatable bonds is 2. The molecule has 0 spiro atoms. The number of methoxy groups -OCH3 is 2. The summed E-state index contributed by atoms with van der Waals surface area (Å²) >= 11 is 0. The van der Waals surface area contributed by atoms with Crippen LogP contribution in [0.15, 0.2) is 24.4 Å². The quantitative estimate of drug-likeness (QED) is 0.827. The fourth-order valence-corrected chi connectivity index (χ4v) is 1.61. The molecule has 2 aromatic rings. The Hall–Kier alpha value is -1.98. The average Bonchev–Trinajstić information content (AvgIpc) is 2.35. The molecular weight excluding hydrogens is 247 g/mol. The Kier molecular flexibility index (Phi) is 3.02. The lowest BCUT2D eigenvalue weighted by atomic mass is 10.1. The molecule has 1 aromatic heterocycles. The van der Waals surface area contributed by atoms with E-state index >= 15 is 0 Å². The Morgan fingerprint density at radius 1 is 1.00 bits per heavy atom. The number of nitrogens with zero attached hydrogens (tertiary/aromatic N) is 1. The van der Waals surface area contributed by atoms with Crippen LogP contribution in [0.1, 0.15) is 5.56 Å². The maximum Gasteiger partial charge on any atom is 0.417 e. The third kappa shape index (κ3) is 2.18. The molecule has 96 valence electrons. The highest BCUT2D eigenvalue weighted by Crippen LogP contribution is 2.34. The van der Waals surface area contributed by atoms with E-state index in [2.05, 4.69) is 4.98 Å². The molecule has 0 radical (unpaired) electrons. The van der Waals surface area contributed by atoms with Crippen molar-refractivity contribution in [2.24, 2.45) is 0 Å². The molecule has 18 heavy (non-hydrogen) atoms. The first-order valence-electron chi connectivity index (χ1n) is 5.04. The minimum absolute atomic E-state index is 0.350. The van der Waals surface area contributed by atoms with E-state index in [1.807, 2.05) is 0 Å². The minimum Gasteiger partial charge on any atom is -0.493 e. The Labute approximate surface area is 101 Å². The number of hydrogen-bond acceptors (Lipinski definition) is 3. The highest BCUT2D eigenvalue weighted by molar-refractivity contribution is 5.83. The van der Waals surface area contributed by atoms with Crippen LogP contribution in [-0.2, 0) is 6.18 Å². The second-order valence-electron chi connectivity index (χ2n) is 3.62. The van der Waals surface area contributed by atoms with Crippen LogP contribution in [0.2, 0.25) is 0 Å². The highest BCUT2D eigenvalue weighted by atomic mass is 19.4. The van der Waals surface area contributed by atoms with Gasteiger partial charge in [-0.2, -0.15) is 13.2 Å². The highest BCUT2D eigenvalue weighted by Gasteiger charge is 2.31. The molecule has 2 rings (SSSR count). The molecule has 0 bridgehead atoms. The fraction of sp³-hybridized carbons (Fsp3) is 0.250. The lowest BCUT2D eigenvalue weighted by molar-refractivity contribution is -0.137. The van der Waals surface area contributed by atoms with Crippen LogP contribution < -0.4 is 9.47 Å². The van der Waals surface area contributed by atoms with E-state index in [0.29, 0.717) is 22.4 Å². The number of alkyl halides is 3. The van der Waals surface area contributed by atoms with Crippen molar-refractivity contribution in [2.45, 2.75) is 6.18 Å². The number of aromatic nitrogens is 1. The Morgan fingerprint density at radius 3 is 2.17 bits per heavy atom. The summed E-state index contributed by atoms with van der Waals surface area (Å²) in [6, 6.07) is 4.04. The van der Waals surface area contributed by atoms with Crippen LogP contribution in [0.5, 0.6) is 11.5 Å². The minimum atomic E-state index is -4.41. The van der Waals surface area contributed by atoms with Crippen LogP contribution in [0.3, 0.4) is 0 Å². The Balaban J connectivity index is 2.63. The summed E-state index contributed by atoms with van der Waals surface area (Å²) in [7, 11) is 2.87. The van der Waals surface area contributed by atoms with Crippen LogP contribution in [0.25, 0.3) is 10.9 Å². The summed E-state index contributed by atoms with van der Waals surface area (Å²) in [5, 5.41) is 0.350. The number of hydrogen-bond donors (Lipinski definition) is 0. The number of ether oxygens (including phenoxy) is 2. The summed E-state index contributed by atoms with van der Waals surface area (Å²) in [6.07, 6.45) is -3.61. The predicted octanol–water partition coefficient (Wildman–Crippen LogP) is 3.27. The van der Waals surface area contributed by atoms with Gasteiger partial charge in [-0.15, -0.1) is 0 Å². The number of halogens is 3. The van der Waals surface area contributed by atoms with Crippen molar-refractivity contribution in [1.82, 2.24) is 4.98 Å². The SMILES string of the molecule is COc1cc2cc(C(F)(F)F)cnc2cc1OC. The van der Waals surface area contributed by atoms with E-state index in [4.69, 9.17) is 9.47 Å². The summed E-state index contributed by atoms with van der Waals surface area (Å²) in [5.74, 6) is 0.795.